The molecule has 0 radical (unpaired) electrons. The first kappa shape index (κ1) is 13.3. The number of hydrogen-bond acceptors (Lipinski definition) is 1. The van der Waals surface area contributed by atoms with Gasteiger partial charge in [-0.25, -0.2) is 4.79 Å². The Morgan fingerprint density at radius 2 is 1.60 bits per heavy atom. The maximum absolute atomic E-state index is 9.60. The van der Waals surface area contributed by atoms with Crippen molar-refractivity contribution in [1.82, 2.24) is 0 Å². The van der Waals surface area contributed by atoms with Crippen molar-refractivity contribution in [2.75, 3.05) is 0 Å². The zero-order valence-electron chi connectivity index (χ0n) is 5.05. The van der Waals surface area contributed by atoms with E-state index in [1.54, 1.807) is 0 Å². The minimum atomic E-state index is -1.75. The summed E-state index contributed by atoms with van der Waals surface area (Å²) in [7, 11) is 14.8. The molecule has 0 fully saturated rings. The number of carboxylic acid groups (broad SMARTS) is 1. The van der Waals surface area contributed by atoms with Crippen LogP contribution in [0.3, 0.4) is 0 Å². The molecule has 2 nitrogen and oxygen atoms in total. The number of aliphatic carboxylic acids is 1. The van der Waals surface area contributed by atoms with E-state index in [2.05, 4.69) is 6.58 Å². The summed E-state index contributed by atoms with van der Waals surface area (Å²) in [4.78, 5) is 9.60. The third-order valence-corrected chi connectivity index (χ3v) is 0.365. The Balaban J connectivity index is 0. The fraction of sp³-hybridized carbons (Fsp3) is 0.250. The first-order valence-corrected chi connectivity index (χ1v) is 8.65. The quantitative estimate of drug-likeness (QED) is 0.596. The SMILES string of the molecule is C=C(C)C(=O)O.[Cl][Ru]([Cl])[Cl]. The van der Waals surface area contributed by atoms with Gasteiger partial charge in [-0.15, -0.1) is 0 Å². The topological polar surface area (TPSA) is 37.3 Å². The van der Waals surface area contributed by atoms with Crippen LogP contribution in [0.2, 0.25) is 0 Å². The monoisotopic (exact) mass is 293 g/mol. The summed E-state index contributed by atoms with van der Waals surface area (Å²) in [5, 5.41) is 7.89. The molecule has 0 atom stereocenters. The maximum atomic E-state index is 9.60. The van der Waals surface area contributed by atoms with Crippen molar-refractivity contribution in [2.24, 2.45) is 0 Å². The minimum absolute atomic E-state index is 0.176. The molecule has 0 aromatic carbocycles. The average Bonchev–Trinajstić information content (AvgIpc) is 1.63. The van der Waals surface area contributed by atoms with Gasteiger partial charge < -0.3 is 5.11 Å². The van der Waals surface area contributed by atoms with Gasteiger partial charge in [0.15, 0.2) is 0 Å². The fourth-order valence-corrected chi connectivity index (χ4v) is 0. The number of carboxylic acids is 1. The zero-order chi connectivity index (χ0) is 8.73. The number of carbonyl (C=O) groups is 1. The summed E-state index contributed by atoms with van der Waals surface area (Å²) in [5.74, 6) is -0.935. The van der Waals surface area contributed by atoms with Crippen molar-refractivity contribution in [1.29, 1.82) is 0 Å². The number of rotatable bonds is 1. The number of halogens is 3. The van der Waals surface area contributed by atoms with Crippen molar-refractivity contribution >= 4 is 35.0 Å². The van der Waals surface area contributed by atoms with Crippen molar-refractivity contribution in [3.63, 3.8) is 0 Å². The predicted octanol–water partition coefficient (Wildman–Crippen LogP) is 2.71. The second-order valence-electron chi connectivity index (χ2n) is 1.24. The standard InChI is InChI=1S/C4H6O2.3ClH.Ru/c1-3(2)4(5)6;;;;/h1H2,2H3,(H,5,6);3*1H;/q;;;;+3/p-3. The zero-order valence-corrected chi connectivity index (χ0v) is 9.06. The molecule has 6 heteroatoms. The molecule has 0 aliphatic carbocycles. The van der Waals surface area contributed by atoms with Gasteiger partial charge in [-0.05, 0) is 6.92 Å². The predicted molar refractivity (Wildman–Crippen MR) is 40.0 cm³/mol. The van der Waals surface area contributed by atoms with E-state index < -0.39 is 18.9 Å². The third kappa shape index (κ3) is 23.3. The van der Waals surface area contributed by atoms with Gasteiger partial charge in [-0.3, -0.25) is 0 Å². The van der Waals surface area contributed by atoms with Gasteiger partial charge in [0.2, 0.25) is 0 Å². The van der Waals surface area contributed by atoms with Crippen LogP contribution in [-0.2, 0) is 17.8 Å². The van der Waals surface area contributed by atoms with Crippen molar-refractivity contribution < 1.29 is 22.9 Å². The molecule has 0 spiro atoms. The van der Waals surface area contributed by atoms with E-state index in [1.165, 1.54) is 6.92 Å². The molecular weight excluding hydrogens is 287 g/mol. The molecular formula is C4H6Cl3O2Ru. The van der Waals surface area contributed by atoms with Crippen LogP contribution in [0.5, 0.6) is 0 Å². The second-order valence-corrected chi connectivity index (χ2v) is 9.15. The summed E-state index contributed by atoms with van der Waals surface area (Å²) in [6.45, 7) is 4.60. The van der Waals surface area contributed by atoms with Crippen LogP contribution in [0.15, 0.2) is 12.2 Å². The van der Waals surface area contributed by atoms with Crippen molar-refractivity contribution in [2.45, 2.75) is 6.92 Å². The molecule has 0 aromatic heterocycles. The van der Waals surface area contributed by atoms with E-state index in [1.807, 2.05) is 0 Å². The van der Waals surface area contributed by atoms with Crippen LogP contribution in [0.4, 0.5) is 0 Å². The van der Waals surface area contributed by atoms with Crippen LogP contribution >= 0.6 is 29.1 Å². The Morgan fingerprint density at radius 1 is 1.50 bits per heavy atom. The fourth-order valence-electron chi connectivity index (χ4n) is 0. The Hall–Kier alpha value is 0.703. The van der Waals surface area contributed by atoms with Crippen LogP contribution < -0.4 is 0 Å². The molecule has 0 aliphatic heterocycles. The van der Waals surface area contributed by atoms with Crippen LogP contribution in [0.1, 0.15) is 6.92 Å². The Kier molecular flexibility index (Phi) is 10.4. The van der Waals surface area contributed by atoms with E-state index in [0.717, 1.165) is 0 Å². The summed E-state index contributed by atoms with van der Waals surface area (Å²) in [6, 6.07) is 0. The Morgan fingerprint density at radius 3 is 1.60 bits per heavy atom. The molecule has 1 N–H and O–H groups in total. The molecule has 0 saturated heterocycles. The number of hydrogen-bond donors (Lipinski definition) is 1. The first-order chi connectivity index (χ1) is 4.37. The molecule has 0 unspecified atom stereocenters. The molecule has 0 aromatic rings. The molecule has 0 saturated carbocycles. The first-order valence-electron chi connectivity index (χ1n) is 1.93. The van der Waals surface area contributed by atoms with Gasteiger partial charge in [0, 0.05) is 5.57 Å². The van der Waals surface area contributed by atoms with E-state index >= 15 is 0 Å². The van der Waals surface area contributed by atoms with Crippen molar-refractivity contribution in [3.05, 3.63) is 12.2 Å². The normalized spacial score (nSPS) is 9.00. The van der Waals surface area contributed by atoms with E-state index in [-0.39, 0.29) is 5.57 Å². The van der Waals surface area contributed by atoms with E-state index in [0.29, 0.717) is 0 Å². The van der Waals surface area contributed by atoms with Gasteiger partial charge in [0.1, 0.15) is 0 Å². The van der Waals surface area contributed by atoms with Gasteiger partial charge in [-0.2, -0.15) is 0 Å². The molecule has 0 aliphatic rings. The van der Waals surface area contributed by atoms with Gasteiger partial charge in [-0.1, -0.05) is 6.58 Å². The Labute approximate surface area is 76.8 Å². The second kappa shape index (κ2) is 7.81. The third-order valence-electron chi connectivity index (χ3n) is 0.365. The van der Waals surface area contributed by atoms with E-state index in [4.69, 9.17) is 34.2 Å². The summed E-state index contributed by atoms with van der Waals surface area (Å²) in [6.07, 6.45) is 0. The van der Waals surface area contributed by atoms with Crippen molar-refractivity contribution in [3.8, 4) is 0 Å². The molecule has 10 heavy (non-hydrogen) atoms. The van der Waals surface area contributed by atoms with Crippen LogP contribution in [0.25, 0.3) is 0 Å². The molecule has 0 rings (SSSR count). The molecule has 63 valence electrons. The summed E-state index contributed by atoms with van der Waals surface area (Å²) < 4.78 is 0. The van der Waals surface area contributed by atoms with Gasteiger partial charge in [0.05, 0.1) is 0 Å². The average molecular weight is 294 g/mol. The summed E-state index contributed by atoms with van der Waals surface area (Å²) in [5.41, 5.74) is 0.176. The Bertz CT molecular complexity index is 111. The van der Waals surface area contributed by atoms with E-state index in [9.17, 15) is 4.79 Å². The van der Waals surface area contributed by atoms with Crippen LogP contribution in [0, 0.1) is 0 Å². The summed E-state index contributed by atoms with van der Waals surface area (Å²) >= 11 is -1.75. The molecule has 0 heterocycles. The molecule has 0 amide bonds. The van der Waals surface area contributed by atoms with Gasteiger partial charge in [0.25, 0.3) is 0 Å². The van der Waals surface area contributed by atoms with Gasteiger partial charge >= 0.3 is 48.0 Å². The van der Waals surface area contributed by atoms with Crippen LogP contribution in [-0.4, -0.2) is 11.1 Å². The molecule has 0 bridgehead atoms.